The van der Waals surface area contributed by atoms with E-state index in [4.69, 9.17) is 4.74 Å². The van der Waals surface area contributed by atoms with Gasteiger partial charge in [-0.25, -0.2) is 0 Å². The molecule has 0 aliphatic heterocycles. The molecule has 0 heterocycles. The van der Waals surface area contributed by atoms with E-state index >= 15 is 0 Å². The molecular weight excluding hydrogens is 384 g/mol. The van der Waals surface area contributed by atoms with Gasteiger partial charge in [0.1, 0.15) is 5.60 Å². The average molecular weight is 417 g/mol. The molecule has 0 saturated heterocycles. The Bertz CT molecular complexity index is 871. The number of carbonyl (C=O) groups is 3. The summed E-state index contributed by atoms with van der Waals surface area (Å²) >= 11 is 0. The van der Waals surface area contributed by atoms with Crippen molar-refractivity contribution in [3.05, 3.63) is 23.3 Å². The number of ketones is 2. The maximum absolute atomic E-state index is 12.9. The quantitative estimate of drug-likeness (QED) is 0.686. The molecule has 6 nitrogen and oxygen atoms in total. The van der Waals surface area contributed by atoms with Crippen molar-refractivity contribution >= 4 is 17.5 Å². The van der Waals surface area contributed by atoms with Gasteiger partial charge in [-0.2, -0.15) is 0 Å². The highest BCUT2D eigenvalue weighted by Crippen LogP contribution is 2.67. The van der Waals surface area contributed by atoms with Crippen LogP contribution in [0.3, 0.4) is 0 Å². The van der Waals surface area contributed by atoms with Gasteiger partial charge >= 0.3 is 5.97 Å². The molecule has 2 N–H and O–H groups in total. The van der Waals surface area contributed by atoms with E-state index in [0.717, 1.165) is 24.0 Å². The molecular formula is C24H32O6. The lowest BCUT2D eigenvalue weighted by molar-refractivity contribution is -0.181. The van der Waals surface area contributed by atoms with E-state index in [-0.39, 0.29) is 29.0 Å². The van der Waals surface area contributed by atoms with Crippen molar-refractivity contribution in [2.45, 2.75) is 71.5 Å². The summed E-state index contributed by atoms with van der Waals surface area (Å²) in [6, 6.07) is 0. The Hall–Kier alpha value is -1.79. The third-order valence-corrected chi connectivity index (χ3v) is 9.05. The first-order chi connectivity index (χ1) is 13.9. The van der Waals surface area contributed by atoms with Crippen molar-refractivity contribution in [1.82, 2.24) is 0 Å². The molecule has 4 aliphatic carbocycles. The summed E-state index contributed by atoms with van der Waals surface area (Å²) in [4.78, 5) is 36.2. The number of aliphatic hydroxyl groups excluding tert-OH is 1. The third kappa shape index (κ3) is 2.72. The summed E-state index contributed by atoms with van der Waals surface area (Å²) in [5.41, 5.74) is -0.675. The normalized spacial score (nSPS) is 44.9. The van der Waals surface area contributed by atoms with E-state index in [0.29, 0.717) is 19.3 Å². The Morgan fingerprint density at radius 2 is 1.93 bits per heavy atom. The average Bonchev–Trinajstić information content (AvgIpc) is 2.92. The Morgan fingerprint density at radius 1 is 1.23 bits per heavy atom. The number of allylic oxidation sites excluding steroid dienone is 4. The second-order valence-electron chi connectivity index (χ2n) is 10.2. The number of rotatable bonds is 3. The van der Waals surface area contributed by atoms with Gasteiger partial charge in [0.15, 0.2) is 12.4 Å². The Morgan fingerprint density at radius 3 is 2.60 bits per heavy atom. The van der Waals surface area contributed by atoms with Crippen LogP contribution in [0.15, 0.2) is 23.3 Å². The van der Waals surface area contributed by atoms with Crippen molar-refractivity contribution in [3.63, 3.8) is 0 Å². The number of fused-ring (bicyclic) bond motifs is 5. The van der Waals surface area contributed by atoms with Crippen molar-refractivity contribution in [2.75, 3.05) is 6.61 Å². The van der Waals surface area contributed by atoms with Gasteiger partial charge in [0.2, 0.25) is 5.78 Å². The van der Waals surface area contributed by atoms with Gasteiger partial charge in [-0.15, -0.1) is 0 Å². The number of Topliss-reactive ketones (excluding diaryl/α,β-unsaturated/α-hetero) is 1. The van der Waals surface area contributed by atoms with Crippen LogP contribution in [0, 0.1) is 28.6 Å². The van der Waals surface area contributed by atoms with Crippen LogP contribution in [0.5, 0.6) is 0 Å². The highest BCUT2D eigenvalue weighted by molar-refractivity contribution is 6.02. The van der Waals surface area contributed by atoms with E-state index in [1.54, 1.807) is 12.2 Å². The minimum absolute atomic E-state index is 0.0138. The molecule has 0 aromatic rings. The molecule has 4 rings (SSSR count). The summed E-state index contributed by atoms with van der Waals surface area (Å²) in [6.45, 7) is 6.82. The van der Waals surface area contributed by atoms with Gasteiger partial charge in [0.25, 0.3) is 0 Å². The predicted molar refractivity (Wildman–Crippen MR) is 109 cm³/mol. The van der Waals surface area contributed by atoms with Crippen molar-refractivity contribution in [1.29, 1.82) is 0 Å². The Labute approximate surface area is 177 Å². The second kappa shape index (κ2) is 6.86. The largest absolute Gasteiger partial charge is 0.458 e. The lowest BCUT2D eigenvalue weighted by Crippen LogP contribution is -2.62. The molecule has 0 spiro atoms. The zero-order valence-corrected chi connectivity index (χ0v) is 18.2. The maximum atomic E-state index is 12.9. The number of hydrogen-bond acceptors (Lipinski definition) is 6. The highest BCUT2D eigenvalue weighted by Gasteiger charge is 2.68. The molecule has 164 valence electrons. The minimum Gasteiger partial charge on any atom is -0.458 e. The SMILES string of the molecule is CC(=O)OCC(=O)C1(O)CC[C@H]2[C@@H]3CCC4=CC(=O)C=C(C)[C@]4(C)[C@H]3C(O)C[C@@]21C. The van der Waals surface area contributed by atoms with Gasteiger partial charge in [-0.1, -0.05) is 25.0 Å². The molecule has 3 saturated carbocycles. The summed E-state index contributed by atoms with van der Waals surface area (Å²) in [6.07, 6.45) is 5.65. The van der Waals surface area contributed by atoms with Crippen LogP contribution in [0.2, 0.25) is 0 Å². The van der Waals surface area contributed by atoms with E-state index in [9.17, 15) is 24.6 Å². The van der Waals surface area contributed by atoms with Crippen molar-refractivity contribution in [2.24, 2.45) is 28.6 Å². The molecule has 6 heteroatoms. The molecule has 0 radical (unpaired) electrons. The van der Waals surface area contributed by atoms with Crippen LogP contribution in [-0.4, -0.2) is 46.1 Å². The standard InChI is InChI=1S/C24H32O6/c1-13-9-16(26)10-15-5-6-17-18-7-8-24(29,20(28)12-30-14(2)25)22(18,3)11-19(27)21(17)23(13,15)4/h9-10,17-19,21,27,29H,5-8,11-12H2,1-4H3/t17-,18-,19?,21+,22-,23-,24?/m0/s1. The van der Waals surface area contributed by atoms with E-state index in [1.165, 1.54) is 6.92 Å². The summed E-state index contributed by atoms with van der Waals surface area (Å²) in [7, 11) is 0. The first kappa shape index (κ1) is 21.4. The van der Waals surface area contributed by atoms with E-state index in [2.05, 4.69) is 6.92 Å². The van der Waals surface area contributed by atoms with Gasteiger partial charge < -0.3 is 14.9 Å². The zero-order chi connectivity index (χ0) is 22.1. The topological polar surface area (TPSA) is 101 Å². The summed E-state index contributed by atoms with van der Waals surface area (Å²) in [5.74, 6) is -0.834. The second-order valence-corrected chi connectivity index (χ2v) is 10.2. The van der Waals surface area contributed by atoms with Gasteiger partial charge in [-0.05, 0) is 63.0 Å². The first-order valence-corrected chi connectivity index (χ1v) is 11.0. The maximum Gasteiger partial charge on any atom is 0.303 e. The molecule has 0 aromatic carbocycles. The molecule has 0 amide bonds. The summed E-state index contributed by atoms with van der Waals surface area (Å²) in [5, 5.41) is 22.9. The Balaban J connectivity index is 1.69. The Kier molecular flexibility index (Phi) is 4.90. The smallest absolute Gasteiger partial charge is 0.303 e. The number of ether oxygens (including phenoxy) is 1. The fraction of sp³-hybridized carbons (Fsp3) is 0.708. The van der Waals surface area contributed by atoms with Gasteiger partial charge in [0, 0.05) is 23.7 Å². The van der Waals surface area contributed by atoms with Crippen LogP contribution in [0.25, 0.3) is 0 Å². The molecule has 7 atom stereocenters. The monoisotopic (exact) mass is 416 g/mol. The fourth-order valence-corrected chi connectivity index (χ4v) is 7.43. The highest BCUT2D eigenvalue weighted by atomic mass is 16.5. The number of carbonyl (C=O) groups excluding carboxylic acids is 3. The molecule has 30 heavy (non-hydrogen) atoms. The number of aliphatic hydroxyl groups is 2. The van der Waals surface area contributed by atoms with Crippen LogP contribution >= 0.6 is 0 Å². The molecule has 0 aromatic heterocycles. The van der Waals surface area contributed by atoms with E-state index in [1.807, 2.05) is 13.8 Å². The predicted octanol–water partition coefficient (Wildman–Crippen LogP) is 2.52. The lowest BCUT2D eigenvalue weighted by atomic mass is 9.45. The van der Waals surface area contributed by atoms with E-state index < -0.39 is 35.5 Å². The van der Waals surface area contributed by atoms with Crippen LogP contribution in [0.4, 0.5) is 0 Å². The zero-order valence-electron chi connectivity index (χ0n) is 18.2. The van der Waals surface area contributed by atoms with Crippen molar-refractivity contribution < 1.29 is 29.3 Å². The van der Waals surface area contributed by atoms with Crippen molar-refractivity contribution in [3.8, 4) is 0 Å². The van der Waals surface area contributed by atoms with Crippen LogP contribution < -0.4 is 0 Å². The summed E-state index contributed by atoms with van der Waals surface area (Å²) < 4.78 is 4.89. The first-order valence-electron chi connectivity index (χ1n) is 11.0. The fourth-order valence-electron chi connectivity index (χ4n) is 7.43. The molecule has 0 bridgehead atoms. The minimum atomic E-state index is -1.61. The third-order valence-electron chi connectivity index (χ3n) is 9.05. The molecule has 4 aliphatic rings. The van der Waals surface area contributed by atoms with Gasteiger partial charge in [-0.3, -0.25) is 14.4 Å². The number of esters is 1. The van der Waals surface area contributed by atoms with Crippen LogP contribution in [-0.2, 0) is 19.1 Å². The van der Waals surface area contributed by atoms with Gasteiger partial charge in [0.05, 0.1) is 6.10 Å². The number of hydrogen-bond donors (Lipinski definition) is 2. The molecule has 3 fully saturated rings. The van der Waals surface area contributed by atoms with Crippen LogP contribution in [0.1, 0.15) is 59.8 Å². The lowest BCUT2D eigenvalue weighted by Gasteiger charge is -2.60. The molecule has 2 unspecified atom stereocenters.